The van der Waals surface area contributed by atoms with Crippen molar-refractivity contribution in [1.29, 1.82) is 0 Å². The fourth-order valence-corrected chi connectivity index (χ4v) is 5.55. The summed E-state index contributed by atoms with van der Waals surface area (Å²) in [6, 6.07) is 0.274. The Morgan fingerprint density at radius 2 is 2.11 bits per heavy atom. The number of H-pyrrole nitrogens is 1. The van der Waals surface area contributed by atoms with Crippen LogP contribution in [0.5, 0.6) is 0 Å². The molecule has 0 radical (unpaired) electrons. The lowest BCUT2D eigenvalue weighted by Gasteiger charge is -2.35. The Morgan fingerprint density at radius 1 is 1.37 bits per heavy atom. The predicted octanol–water partition coefficient (Wildman–Crippen LogP) is 4.16. The number of fused-ring (bicyclic) bond motifs is 1. The molecule has 148 valence electrons. The van der Waals surface area contributed by atoms with Gasteiger partial charge in [0.05, 0.1) is 16.4 Å². The second kappa shape index (κ2) is 8.35. The smallest absolute Gasteiger partial charge is 0.259 e. The third kappa shape index (κ3) is 4.40. The van der Waals surface area contributed by atoms with Crippen molar-refractivity contribution in [2.45, 2.75) is 70.9 Å². The molecule has 1 aliphatic carbocycles. The maximum atomic E-state index is 12.6. The van der Waals surface area contributed by atoms with Gasteiger partial charge in [0.15, 0.2) is 0 Å². The molecule has 0 saturated heterocycles. The van der Waals surface area contributed by atoms with Gasteiger partial charge in [-0.2, -0.15) is 0 Å². The summed E-state index contributed by atoms with van der Waals surface area (Å²) in [5.41, 5.74) is 0.922. The molecule has 2 aromatic heterocycles. The second-order valence-corrected chi connectivity index (χ2v) is 10.3. The van der Waals surface area contributed by atoms with E-state index in [2.05, 4.69) is 29.1 Å². The molecule has 2 N–H and O–H groups in total. The average molecular weight is 408 g/mol. The standard InChI is InChI=1S/C20H29N3O2S2/c1-10-7-6-8-15(11(10)2)21-18(24)14(5)26-9-16-22-19(25)17-12(3)13(4)27-20(17)23-16/h10-11,14-15H,6-9H2,1-5H3,(H,21,24)(H,22,23,25). The average Bonchev–Trinajstić information content (AvgIpc) is 2.91. The summed E-state index contributed by atoms with van der Waals surface area (Å²) in [5.74, 6) is 2.42. The van der Waals surface area contributed by atoms with E-state index < -0.39 is 0 Å². The summed E-state index contributed by atoms with van der Waals surface area (Å²) in [7, 11) is 0. The highest BCUT2D eigenvalue weighted by Gasteiger charge is 2.29. The SMILES string of the molecule is Cc1sc2nc(CSC(C)C(=O)NC3CCCC(C)C3C)[nH]c(=O)c2c1C. The zero-order valence-corrected chi connectivity index (χ0v) is 18.4. The van der Waals surface area contributed by atoms with Crippen molar-refractivity contribution in [3.05, 3.63) is 26.6 Å². The van der Waals surface area contributed by atoms with Crippen molar-refractivity contribution in [2.24, 2.45) is 11.8 Å². The van der Waals surface area contributed by atoms with Crippen molar-refractivity contribution in [1.82, 2.24) is 15.3 Å². The number of carbonyl (C=O) groups excluding carboxylic acids is 1. The number of nitrogens with one attached hydrogen (secondary N) is 2. The second-order valence-electron chi connectivity index (χ2n) is 7.81. The number of aryl methyl sites for hydroxylation is 2. The predicted molar refractivity (Wildman–Crippen MR) is 115 cm³/mol. The molecule has 0 spiro atoms. The number of thioether (sulfide) groups is 1. The van der Waals surface area contributed by atoms with Gasteiger partial charge in [-0.05, 0) is 44.6 Å². The van der Waals surface area contributed by atoms with Crippen LogP contribution in [0.4, 0.5) is 0 Å². The summed E-state index contributed by atoms with van der Waals surface area (Å²) in [6.07, 6.45) is 3.50. The molecule has 1 fully saturated rings. The lowest BCUT2D eigenvalue weighted by molar-refractivity contribution is -0.121. The molecule has 1 aliphatic rings. The molecule has 4 atom stereocenters. The molecular formula is C20H29N3O2S2. The Hall–Kier alpha value is -1.34. The lowest BCUT2D eigenvalue weighted by atomic mass is 9.78. The third-order valence-electron chi connectivity index (χ3n) is 5.96. The quantitative estimate of drug-likeness (QED) is 0.780. The first-order valence-electron chi connectivity index (χ1n) is 9.68. The van der Waals surface area contributed by atoms with Gasteiger partial charge < -0.3 is 10.3 Å². The van der Waals surface area contributed by atoms with Gasteiger partial charge >= 0.3 is 0 Å². The van der Waals surface area contributed by atoms with Crippen molar-refractivity contribution in [2.75, 3.05) is 0 Å². The fraction of sp³-hybridized carbons (Fsp3) is 0.650. The molecule has 2 aromatic rings. The molecule has 2 heterocycles. The molecular weight excluding hydrogens is 378 g/mol. The van der Waals surface area contributed by atoms with E-state index in [9.17, 15) is 9.59 Å². The van der Waals surface area contributed by atoms with Gasteiger partial charge in [-0.3, -0.25) is 9.59 Å². The van der Waals surface area contributed by atoms with E-state index in [1.54, 1.807) is 11.3 Å². The van der Waals surface area contributed by atoms with E-state index in [0.717, 1.165) is 21.7 Å². The molecule has 27 heavy (non-hydrogen) atoms. The van der Waals surface area contributed by atoms with Gasteiger partial charge in [0, 0.05) is 10.9 Å². The van der Waals surface area contributed by atoms with Crippen molar-refractivity contribution < 1.29 is 4.79 Å². The number of hydrogen-bond acceptors (Lipinski definition) is 5. The minimum absolute atomic E-state index is 0.0807. The minimum atomic E-state index is -0.178. The summed E-state index contributed by atoms with van der Waals surface area (Å²) < 4.78 is 0. The van der Waals surface area contributed by atoms with E-state index in [1.165, 1.54) is 24.6 Å². The van der Waals surface area contributed by atoms with Crippen LogP contribution >= 0.6 is 23.1 Å². The van der Waals surface area contributed by atoms with Crippen LogP contribution in [-0.2, 0) is 10.5 Å². The first-order valence-corrected chi connectivity index (χ1v) is 11.5. The first-order chi connectivity index (χ1) is 12.8. The Morgan fingerprint density at radius 3 is 2.85 bits per heavy atom. The van der Waals surface area contributed by atoms with Gasteiger partial charge in [0.25, 0.3) is 5.56 Å². The monoisotopic (exact) mass is 407 g/mol. The molecule has 3 rings (SSSR count). The van der Waals surface area contributed by atoms with Crippen LogP contribution in [0.3, 0.4) is 0 Å². The lowest BCUT2D eigenvalue weighted by Crippen LogP contribution is -2.46. The molecule has 5 nitrogen and oxygen atoms in total. The van der Waals surface area contributed by atoms with Crippen LogP contribution in [-0.4, -0.2) is 27.2 Å². The number of rotatable bonds is 5. The van der Waals surface area contributed by atoms with Gasteiger partial charge in [-0.1, -0.05) is 26.7 Å². The number of aromatic nitrogens is 2. The maximum absolute atomic E-state index is 12.6. The van der Waals surface area contributed by atoms with Gasteiger partial charge in [0.2, 0.25) is 5.91 Å². The number of thiophene rings is 1. The molecule has 4 unspecified atom stereocenters. The molecule has 7 heteroatoms. The van der Waals surface area contributed by atoms with Crippen LogP contribution in [0.2, 0.25) is 0 Å². The Balaban J connectivity index is 1.61. The molecule has 0 bridgehead atoms. The van der Waals surface area contributed by atoms with Crippen LogP contribution in [0.25, 0.3) is 10.2 Å². The topological polar surface area (TPSA) is 74.8 Å². The maximum Gasteiger partial charge on any atom is 0.259 e. The van der Waals surface area contributed by atoms with E-state index in [0.29, 0.717) is 28.8 Å². The Kier molecular flexibility index (Phi) is 6.31. The Bertz CT molecular complexity index is 889. The van der Waals surface area contributed by atoms with E-state index >= 15 is 0 Å². The van der Waals surface area contributed by atoms with Crippen LogP contribution in [0.1, 0.15) is 56.3 Å². The number of hydrogen-bond donors (Lipinski definition) is 2. The van der Waals surface area contributed by atoms with Crippen LogP contribution in [0, 0.1) is 25.7 Å². The molecule has 0 aromatic carbocycles. The summed E-state index contributed by atoms with van der Waals surface area (Å²) in [4.78, 5) is 34.3. The van der Waals surface area contributed by atoms with Gasteiger partial charge in [0.1, 0.15) is 10.7 Å². The zero-order chi connectivity index (χ0) is 19.7. The molecule has 0 aliphatic heterocycles. The highest BCUT2D eigenvalue weighted by Crippen LogP contribution is 2.30. The largest absolute Gasteiger partial charge is 0.352 e. The summed E-state index contributed by atoms with van der Waals surface area (Å²) >= 11 is 3.07. The number of nitrogens with zero attached hydrogens (tertiary/aromatic N) is 1. The highest BCUT2D eigenvalue weighted by molar-refractivity contribution is 7.99. The van der Waals surface area contributed by atoms with Crippen molar-refractivity contribution >= 4 is 39.2 Å². The van der Waals surface area contributed by atoms with Crippen LogP contribution < -0.4 is 10.9 Å². The van der Waals surface area contributed by atoms with E-state index in [4.69, 9.17) is 0 Å². The Labute approximate surface area is 168 Å². The van der Waals surface area contributed by atoms with Crippen molar-refractivity contribution in [3.63, 3.8) is 0 Å². The number of aromatic amines is 1. The highest BCUT2D eigenvalue weighted by atomic mass is 32.2. The minimum Gasteiger partial charge on any atom is -0.352 e. The van der Waals surface area contributed by atoms with E-state index in [1.807, 2.05) is 20.8 Å². The van der Waals surface area contributed by atoms with Gasteiger partial charge in [-0.15, -0.1) is 23.1 Å². The number of amides is 1. The fourth-order valence-electron chi connectivity index (χ4n) is 3.73. The van der Waals surface area contributed by atoms with Gasteiger partial charge in [-0.25, -0.2) is 4.98 Å². The number of carbonyl (C=O) groups is 1. The van der Waals surface area contributed by atoms with Crippen LogP contribution in [0.15, 0.2) is 4.79 Å². The molecule has 1 amide bonds. The summed E-state index contributed by atoms with van der Waals surface area (Å²) in [6.45, 7) is 10.4. The third-order valence-corrected chi connectivity index (χ3v) is 8.22. The summed E-state index contributed by atoms with van der Waals surface area (Å²) in [5, 5.41) is 3.75. The normalized spacial score (nSPS) is 24.1. The van der Waals surface area contributed by atoms with Crippen molar-refractivity contribution in [3.8, 4) is 0 Å². The first kappa shape index (κ1) is 20.4. The molecule has 1 saturated carbocycles. The van der Waals surface area contributed by atoms with E-state index in [-0.39, 0.29) is 22.8 Å². The zero-order valence-electron chi connectivity index (χ0n) is 16.7.